The van der Waals surface area contributed by atoms with Gasteiger partial charge in [0.2, 0.25) is 0 Å². The van der Waals surface area contributed by atoms with Crippen molar-refractivity contribution in [1.29, 1.82) is 0 Å². The fourth-order valence-electron chi connectivity index (χ4n) is 2.03. The van der Waals surface area contributed by atoms with Crippen LogP contribution < -0.4 is 0 Å². The molecule has 3 aromatic rings. The molecule has 0 aliphatic carbocycles. The van der Waals surface area contributed by atoms with Crippen LogP contribution in [0.3, 0.4) is 0 Å². The van der Waals surface area contributed by atoms with Gasteiger partial charge < -0.3 is 0 Å². The molecule has 0 spiro atoms. The number of hydrogen-bond donors (Lipinski definition) is 0. The van der Waals surface area contributed by atoms with Crippen LogP contribution in [-0.2, 0) is 6.18 Å². The third kappa shape index (κ3) is 1.70. The van der Waals surface area contributed by atoms with Crippen LogP contribution in [0.15, 0.2) is 48.7 Å². The topological polar surface area (TPSA) is 12.9 Å². The molecule has 0 saturated carbocycles. The quantitative estimate of drug-likeness (QED) is 0.536. The van der Waals surface area contributed by atoms with Crippen molar-refractivity contribution in [3.63, 3.8) is 0 Å². The minimum atomic E-state index is -4.33. The Morgan fingerprint density at radius 2 is 1.67 bits per heavy atom. The lowest BCUT2D eigenvalue weighted by Gasteiger charge is -2.08. The van der Waals surface area contributed by atoms with Crippen LogP contribution >= 0.6 is 0 Å². The summed E-state index contributed by atoms with van der Waals surface area (Å²) in [6.07, 6.45) is -2.66. The normalized spacial score (nSPS) is 12.2. The Morgan fingerprint density at radius 3 is 2.44 bits per heavy atom. The lowest BCUT2D eigenvalue weighted by atomic mass is 10.0. The summed E-state index contributed by atoms with van der Waals surface area (Å²) in [6.45, 7) is 0. The number of benzene rings is 2. The minimum Gasteiger partial charge on any atom is -0.256 e. The second kappa shape index (κ2) is 3.70. The van der Waals surface area contributed by atoms with E-state index in [0.717, 1.165) is 22.9 Å². The number of alkyl halides is 3. The first-order chi connectivity index (χ1) is 8.55. The molecule has 1 aromatic heterocycles. The Morgan fingerprint density at radius 1 is 0.889 bits per heavy atom. The molecule has 0 radical (unpaired) electrons. The van der Waals surface area contributed by atoms with E-state index in [-0.39, 0.29) is 0 Å². The van der Waals surface area contributed by atoms with Gasteiger partial charge in [0, 0.05) is 17.0 Å². The van der Waals surface area contributed by atoms with E-state index in [1.807, 2.05) is 18.2 Å². The molecule has 90 valence electrons. The Labute approximate surface area is 101 Å². The summed E-state index contributed by atoms with van der Waals surface area (Å²) in [5, 5.41) is 2.15. The summed E-state index contributed by atoms with van der Waals surface area (Å²) in [6, 6.07) is 10.9. The van der Waals surface area contributed by atoms with Crippen molar-refractivity contribution in [2.75, 3.05) is 0 Å². The highest BCUT2D eigenvalue weighted by Crippen LogP contribution is 2.33. The van der Waals surface area contributed by atoms with Gasteiger partial charge in [-0.3, -0.25) is 4.98 Å². The van der Waals surface area contributed by atoms with Gasteiger partial charge in [-0.25, -0.2) is 0 Å². The molecule has 4 heteroatoms. The highest BCUT2D eigenvalue weighted by molar-refractivity contribution is 6.05. The van der Waals surface area contributed by atoms with E-state index in [1.54, 1.807) is 12.3 Å². The van der Waals surface area contributed by atoms with Gasteiger partial charge in [0.15, 0.2) is 0 Å². The van der Waals surface area contributed by atoms with Gasteiger partial charge in [0.25, 0.3) is 0 Å². The SMILES string of the molecule is FC(F)(F)c1ccc2ncc3ccccc3c2c1. The van der Waals surface area contributed by atoms with Crippen molar-refractivity contribution in [1.82, 2.24) is 4.98 Å². The van der Waals surface area contributed by atoms with Crippen molar-refractivity contribution in [3.05, 3.63) is 54.2 Å². The van der Waals surface area contributed by atoms with Crippen LogP contribution in [0.1, 0.15) is 5.56 Å². The average molecular weight is 247 g/mol. The first-order valence-electron chi connectivity index (χ1n) is 5.40. The molecule has 0 amide bonds. The van der Waals surface area contributed by atoms with Gasteiger partial charge in [-0.05, 0) is 23.6 Å². The molecule has 2 aromatic carbocycles. The van der Waals surface area contributed by atoms with Crippen LogP contribution in [0.5, 0.6) is 0 Å². The number of rotatable bonds is 0. The third-order valence-electron chi connectivity index (χ3n) is 2.92. The highest BCUT2D eigenvalue weighted by Gasteiger charge is 2.30. The van der Waals surface area contributed by atoms with E-state index < -0.39 is 11.7 Å². The molecule has 0 N–H and O–H groups in total. The van der Waals surface area contributed by atoms with Crippen molar-refractivity contribution in [2.45, 2.75) is 6.18 Å². The molecule has 1 nitrogen and oxygen atoms in total. The highest BCUT2D eigenvalue weighted by atomic mass is 19.4. The zero-order valence-electron chi connectivity index (χ0n) is 9.20. The van der Waals surface area contributed by atoms with E-state index in [2.05, 4.69) is 4.98 Å². The van der Waals surface area contributed by atoms with Gasteiger partial charge >= 0.3 is 6.18 Å². The number of nitrogens with zero attached hydrogens (tertiary/aromatic N) is 1. The van der Waals surface area contributed by atoms with Gasteiger partial charge in [-0.1, -0.05) is 24.3 Å². The van der Waals surface area contributed by atoms with Gasteiger partial charge in [0.05, 0.1) is 11.1 Å². The van der Waals surface area contributed by atoms with Gasteiger partial charge in [-0.15, -0.1) is 0 Å². The zero-order chi connectivity index (χ0) is 12.8. The molecule has 18 heavy (non-hydrogen) atoms. The number of aromatic nitrogens is 1. The molecule has 0 atom stereocenters. The lowest BCUT2D eigenvalue weighted by molar-refractivity contribution is -0.137. The summed E-state index contributed by atoms with van der Waals surface area (Å²) in [5.41, 5.74) is -0.0742. The monoisotopic (exact) mass is 247 g/mol. The van der Waals surface area contributed by atoms with Crippen LogP contribution in [0.25, 0.3) is 21.7 Å². The van der Waals surface area contributed by atoms with Crippen molar-refractivity contribution in [2.24, 2.45) is 0 Å². The molecule has 0 aliphatic heterocycles. The largest absolute Gasteiger partial charge is 0.416 e. The summed E-state index contributed by atoms with van der Waals surface area (Å²) in [4.78, 5) is 4.17. The van der Waals surface area contributed by atoms with E-state index in [0.29, 0.717) is 10.9 Å². The maximum atomic E-state index is 12.7. The molecule has 3 rings (SSSR count). The minimum absolute atomic E-state index is 0.530. The predicted octanol–water partition coefficient (Wildman–Crippen LogP) is 4.41. The number of fused-ring (bicyclic) bond motifs is 3. The van der Waals surface area contributed by atoms with E-state index in [1.165, 1.54) is 6.07 Å². The summed E-state index contributed by atoms with van der Waals surface area (Å²) in [7, 11) is 0. The first kappa shape index (κ1) is 11.0. The standard InChI is InChI=1S/C14H8F3N/c15-14(16,17)10-5-6-13-12(7-10)11-4-2-1-3-9(11)8-18-13/h1-8H. The molecular weight excluding hydrogens is 239 g/mol. The number of pyridine rings is 1. The number of hydrogen-bond acceptors (Lipinski definition) is 1. The van der Waals surface area contributed by atoms with E-state index >= 15 is 0 Å². The zero-order valence-corrected chi connectivity index (χ0v) is 9.20. The maximum Gasteiger partial charge on any atom is 0.416 e. The average Bonchev–Trinajstić information content (AvgIpc) is 2.37. The van der Waals surface area contributed by atoms with Gasteiger partial charge in [0.1, 0.15) is 0 Å². The second-order valence-corrected chi connectivity index (χ2v) is 4.08. The van der Waals surface area contributed by atoms with Crippen LogP contribution in [0.4, 0.5) is 13.2 Å². The lowest BCUT2D eigenvalue weighted by Crippen LogP contribution is -2.04. The van der Waals surface area contributed by atoms with Crippen molar-refractivity contribution < 1.29 is 13.2 Å². The molecule has 0 saturated heterocycles. The third-order valence-corrected chi connectivity index (χ3v) is 2.92. The molecular formula is C14H8F3N. The Bertz CT molecular complexity index is 732. The molecule has 0 fully saturated rings. The Kier molecular flexibility index (Phi) is 2.26. The van der Waals surface area contributed by atoms with Crippen molar-refractivity contribution in [3.8, 4) is 0 Å². The Hall–Kier alpha value is -2.10. The van der Waals surface area contributed by atoms with E-state index in [9.17, 15) is 13.2 Å². The van der Waals surface area contributed by atoms with Crippen molar-refractivity contribution >= 4 is 21.7 Å². The predicted molar refractivity (Wildman–Crippen MR) is 64.3 cm³/mol. The first-order valence-corrected chi connectivity index (χ1v) is 5.40. The van der Waals surface area contributed by atoms with Gasteiger partial charge in [-0.2, -0.15) is 13.2 Å². The molecule has 1 heterocycles. The number of halogens is 3. The summed E-state index contributed by atoms with van der Waals surface area (Å²) < 4.78 is 38.1. The Balaban J connectivity index is 2.40. The fourth-order valence-corrected chi connectivity index (χ4v) is 2.03. The molecule has 0 bridgehead atoms. The van der Waals surface area contributed by atoms with Crippen LogP contribution in [-0.4, -0.2) is 4.98 Å². The maximum absolute atomic E-state index is 12.7. The second-order valence-electron chi connectivity index (χ2n) is 4.08. The fraction of sp³-hybridized carbons (Fsp3) is 0.0714. The van der Waals surface area contributed by atoms with E-state index in [4.69, 9.17) is 0 Å². The summed E-state index contributed by atoms with van der Waals surface area (Å²) >= 11 is 0. The smallest absolute Gasteiger partial charge is 0.256 e. The summed E-state index contributed by atoms with van der Waals surface area (Å²) in [5.74, 6) is 0. The van der Waals surface area contributed by atoms with Crippen LogP contribution in [0, 0.1) is 0 Å². The van der Waals surface area contributed by atoms with Crippen LogP contribution in [0.2, 0.25) is 0 Å². The molecule has 0 aliphatic rings. The molecule has 0 unspecified atom stereocenters.